The average Bonchev–Trinajstić information content (AvgIpc) is 2.12. The van der Waals surface area contributed by atoms with Crippen molar-refractivity contribution in [1.29, 1.82) is 0 Å². The Labute approximate surface area is 89.7 Å². The van der Waals surface area contributed by atoms with E-state index >= 15 is 0 Å². The van der Waals surface area contributed by atoms with E-state index in [4.69, 9.17) is 0 Å². The molecule has 1 unspecified atom stereocenters. The van der Waals surface area contributed by atoms with E-state index in [1.807, 2.05) is 0 Å². The third-order valence-corrected chi connectivity index (χ3v) is 1.87. The molecule has 0 bridgehead atoms. The topological polar surface area (TPSA) is 58.2 Å². The van der Waals surface area contributed by atoms with Crippen molar-refractivity contribution in [2.45, 2.75) is 0 Å². The van der Waals surface area contributed by atoms with Crippen molar-refractivity contribution in [3.63, 3.8) is 0 Å². The molecule has 1 fully saturated rings. The fraction of sp³-hybridized carbons (Fsp3) is 0.125. The summed E-state index contributed by atoms with van der Waals surface area (Å²) in [7, 11) is 0. The van der Waals surface area contributed by atoms with E-state index in [9.17, 15) is 9.59 Å². The number of amides is 2. The Balaban J connectivity index is 0.000000845. The Hall–Kier alpha value is -1.02. The minimum atomic E-state index is -0.413. The zero-order valence-corrected chi connectivity index (χ0v) is 8.79. The van der Waals surface area contributed by atoms with Gasteiger partial charge in [-0.2, -0.15) is 0 Å². The molecule has 1 atom stereocenters. The molecule has 1 aliphatic carbocycles. The largest absolute Gasteiger partial charge is 0.290 e. The summed E-state index contributed by atoms with van der Waals surface area (Å²) >= 11 is 0. The Morgan fingerprint density at radius 2 is 2.00 bits per heavy atom. The van der Waals surface area contributed by atoms with Crippen LogP contribution in [0.2, 0.25) is 0 Å². The molecule has 2 amide bonds. The third kappa shape index (κ3) is 1.68. The van der Waals surface area contributed by atoms with Gasteiger partial charge in [0.15, 0.2) is 5.91 Å². The van der Waals surface area contributed by atoms with Gasteiger partial charge >= 0.3 is 0 Å². The molecule has 1 saturated heterocycles. The van der Waals surface area contributed by atoms with Crippen LogP contribution in [-0.2, 0) is 30.7 Å². The number of carbonyl (C=O) groups is 2. The summed E-state index contributed by atoms with van der Waals surface area (Å²) in [4.78, 5) is 22.3. The molecule has 13 heavy (non-hydrogen) atoms. The first kappa shape index (κ1) is 10.1. The molecule has 0 aromatic carbocycles. The molecule has 0 aromatic rings. The number of rotatable bonds is 0. The van der Waals surface area contributed by atoms with E-state index < -0.39 is 5.92 Å². The van der Waals surface area contributed by atoms with Crippen molar-refractivity contribution in [3.8, 4) is 0 Å². The van der Waals surface area contributed by atoms with Gasteiger partial charge in [-0.25, -0.2) is 12.2 Å². The number of fused-ring (bicyclic) bond motifs is 1. The van der Waals surface area contributed by atoms with Crippen molar-refractivity contribution >= 4 is 11.8 Å². The number of hydrogen-bond acceptors (Lipinski definition) is 2. The van der Waals surface area contributed by atoms with E-state index in [2.05, 4.69) is 10.9 Å². The Bertz CT molecular complexity index is 269. The number of carbonyl (C=O) groups excluding carboxylic acids is 2. The quantitative estimate of drug-likeness (QED) is 0.572. The molecule has 2 N–H and O–H groups in total. The van der Waals surface area contributed by atoms with Gasteiger partial charge in [-0.05, 0) is 0 Å². The zero-order valence-electron chi connectivity index (χ0n) is 6.52. The van der Waals surface area contributed by atoms with Crippen molar-refractivity contribution in [2.75, 3.05) is 0 Å². The molecule has 0 spiro atoms. The second-order valence-corrected chi connectivity index (χ2v) is 2.62. The Kier molecular flexibility index (Phi) is 2.93. The van der Waals surface area contributed by atoms with Crippen LogP contribution in [0.5, 0.6) is 0 Å². The molecule has 0 radical (unpaired) electrons. The van der Waals surface area contributed by atoms with Gasteiger partial charge in [-0.1, -0.05) is 0 Å². The normalized spacial score (nSPS) is 24.3. The van der Waals surface area contributed by atoms with E-state index in [0.717, 1.165) is 0 Å². The van der Waals surface area contributed by atoms with Crippen LogP contribution in [0.15, 0.2) is 24.3 Å². The first-order valence-electron chi connectivity index (χ1n) is 3.61. The van der Waals surface area contributed by atoms with Crippen LogP contribution in [0.4, 0.5) is 0 Å². The van der Waals surface area contributed by atoms with Crippen LogP contribution < -0.4 is 10.9 Å². The van der Waals surface area contributed by atoms with Crippen molar-refractivity contribution in [1.82, 2.24) is 10.9 Å². The Morgan fingerprint density at radius 1 is 1.23 bits per heavy atom. The molecule has 1 aliphatic heterocycles. The number of nitrogens with one attached hydrogen (secondary N) is 2. The second kappa shape index (κ2) is 3.79. The summed E-state index contributed by atoms with van der Waals surface area (Å²) in [5.41, 5.74) is 4.56. The van der Waals surface area contributed by atoms with Crippen LogP contribution in [-0.4, -0.2) is 11.8 Å². The van der Waals surface area contributed by atoms with Crippen LogP contribution in [0.3, 0.4) is 0 Å². The minimum absolute atomic E-state index is 0. The van der Waals surface area contributed by atoms with E-state index in [1.165, 1.54) is 0 Å². The summed E-state index contributed by atoms with van der Waals surface area (Å²) < 4.78 is 0. The molecule has 0 aromatic heterocycles. The monoisotopic (exact) mass is 358 g/mol. The van der Waals surface area contributed by atoms with Gasteiger partial charge < -0.3 is 0 Å². The first-order valence-corrected chi connectivity index (χ1v) is 3.61. The van der Waals surface area contributed by atoms with Crippen LogP contribution >= 0.6 is 0 Å². The van der Waals surface area contributed by atoms with Gasteiger partial charge in [0.1, 0.15) is 0 Å². The maximum atomic E-state index is 11.1. The van der Waals surface area contributed by atoms with Crippen molar-refractivity contribution in [3.05, 3.63) is 30.2 Å². The smallest absolute Gasteiger partial charge is 0.232 e. The fourth-order valence-electron chi connectivity index (χ4n) is 1.26. The second-order valence-electron chi connectivity index (χ2n) is 2.62. The molecular formula is C8H7N2O2Pt-. The molecule has 4 nitrogen and oxygen atoms in total. The summed E-state index contributed by atoms with van der Waals surface area (Å²) in [6, 6.07) is 0. The molecule has 2 aliphatic rings. The number of allylic oxidation sites excluding steroid dienone is 2. The van der Waals surface area contributed by atoms with Gasteiger partial charge in [0.05, 0.1) is 0 Å². The Morgan fingerprint density at radius 3 is 2.69 bits per heavy atom. The minimum Gasteiger partial charge on any atom is -0.290 e. The molecule has 2 rings (SSSR count). The summed E-state index contributed by atoms with van der Waals surface area (Å²) in [6.45, 7) is 0. The van der Waals surface area contributed by atoms with Crippen molar-refractivity contribution < 1.29 is 30.7 Å². The SMILES string of the molecule is O=C1NNC(=O)C2C=CC=C[C-]12.[Pt]. The predicted molar refractivity (Wildman–Crippen MR) is 41.3 cm³/mol. The molecule has 1 heterocycles. The maximum absolute atomic E-state index is 11.1. The molecular weight excluding hydrogens is 351 g/mol. The maximum Gasteiger partial charge on any atom is 0.232 e. The van der Waals surface area contributed by atoms with E-state index in [0.29, 0.717) is 5.92 Å². The van der Waals surface area contributed by atoms with Gasteiger partial charge in [-0.15, -0.1) is 18.1 Å². The molecule has 72 valence electrons. The fourth-order valence-corrected chi connectivity index (χ4v) is 1.26. The van der Waals surface area contributed by atoms with Gasteiger partial charge in [0.25, 0.3) is 0 Å². The van der Waals surface area contributed by atoms with E-state index in [1.54, 1.807) is 24.3 Å². The summed E-state index contributed by atoms with van der Waals surface area (Å²) in [5.74, 6) is -0.338. The zero-order chi connectivity index (χ0) is 8.55. The third-order valence-electron chi connectivity index (χ3n) is 1.87. The van der Waals surface area contributed by atoms with Crippen molar-refractivity contribution in [2.24, 2.45) is 5.92 Å². The van der Waals surface area contributed by atoms with Crippen LogP contribution in [0, 0.1) is 11.8 Å². The average molecular weight is 358 g/mol. The van der Waals surface area contributed by atoms with Gasteiger partial charge in [-0.3, -0.25) is 20.4 Å². The van der Waals surface area contributed by atoms with Gasteiger partial charge in [0, 0.05) is 27.0 Å². The first-order chi connectivity index (χ1) is 5.79. The standard InChI is InChI=1S/C8H7N2O2.Pt/c11-7-5-3-1-2-4-6(5)8(12)10-9-7;/h1-5H,(H,9,11)(H,10,12);/q-1;. The van der Waals surface area contributed by atoms with Crippen LogP contribution in [0.1, 0.15) is 0 Å². The summed E-state index contributed by atoms with van der Waals surface area (Å²) in [6.07, 6.45) is 6.85. The number of hydrogen-bond donors (Lipinski definition) is 2. The predicted octanol–water partition coefficient (Wildman–Crippen LogP) is -0.538. The van der Waals surface area contributed by atoms with Crippen LogP contribution in [0.25, 0.3) is 0 Å². The van der Waals surface area contributed by atoms with Gasteiger partial charge in [0.2, 0.25) is 5.91 Å². The summed E-state index contributed by atoms with van der Waals surface area (Å²) in [5, 5.41) is 0. The molecule has 5 heteroatoms. The molecule has 0 saturated carbocycles. The number of hydrazine groups is 1. The van der Waals surface area contributed by atoms with E-state index in [-0.39, 0.29) is 32.9 Å².